The maximum Gasteiger partial charge on any atom is 0.433 e. The average molecular weight is 680 g/mol. The molecule has 3 aromatic carbocycles. The van der Waals surface area contributed by atoms with Crippen LogP contribution in [-0.4, -0.2) is 45.4 Å². The van der Waals surface area contributed by atoms with Gasteiger partial charge in [-0.3, -0.25) is 4.79 Å². The van der Waals surface area contributed by atoms with Gasteiger partial charge in [-0.05, 0) is 60.6 Å². The van der Waals surface area contributed by atoms with Crippen molar-refractivity contribution in [3.63, 3.8) is 0 Å². The van der Waals surface area contributed by atoms with Crippen LogP contribution in [0.4, 0.5) is 13.2 Å². The number of carbonyl (C=O) groups excluding carboxylic acids is 1. The number of alkyl halides is 3. The molecule has 5 aromatic rings. The Morgan fingerprint density at radius 2 is 1.64 bits per heavy atom. The highest BCUT2D eigenvalue weighted by Crippen LogP contribution is 2.47. The number of benzene rings is 3. The second-order valence-corrected chi connectivity index (χ2v) is 12.8. The van der Waals surface area contributed by atoms with Crippen molar-refractivity contribution in [3.05, 3.63) is 119 Å². The maximum atomic E-state index is 14.5. The van der Waals surface area contributed by atoms with Crippen molar-refractivity contribution in [3.8, 4) is 22.8 Å². The minimum atomic E-state index is -4.76. The highest BCUT2D eigenvalue weighted by molar-refractivity contribution is 6.09. The number of para-hydroxylation sites is 2. The molecular weight excluding hydrogens is 643 g/mol. The Bertz CT molecular complexity index is 2140. The fourth-order valence-corrected chi connectivity index (χ4v) is 6.95. The molecule has 0 radical (unpaired) electrons. The lowest BCUT2D eigenvalue weighted by atomic mass is 9.77. The predicted octanol–water partition coefficient (Wildman–Crippen LogP) is 8.99. The number of rotatable bonds is 7. The summed E-state index contributed by atoms with van der Waals surface area (Å²) in [5, 5.41) is 10.5. The summed E-state index contributed by atoms with van der Waals surface area (Å²) in [7, 11) is 3.18. The van der Waals surface area contributed by atoms with E-state index in [1.54, 1.807) is 26.4 Å². The third-order valence-electron chi connectivity index (χ3n) is 9.45. The molecular formula is C39H36F3N5O3. The van der Waals surface area contributed by atoms with Gasteiger partial charge in [-0.15, -0.1) is 0 Å². The Morgan fingerprint density at radius 1 is 0.940 bits per heavy atom. The van der Waals surface area contributed by atoms with Crippen LogP contribution in [0, 0.1) is 5.92 Å². The molecule has 0 saturated heterocycles. The molecule has 0 spiro atoms. The van der Waals surface area contributed by atoms with E-state index in [0.29, 0.717) is 21.6 Å². The summed E-state index contributed by atoms with van der Waals surface area (Å²) in [5.74, 6) is 0.728. The Kier molecular flexibility index (Phi) is 8.67. The maximum absolute atomic E-state index is 14.5. The standard InChI is InChI=1S/C39H36F3N5O3/c1-23(2)24-16-18-25(19-17-24)30-21-34(39(40,41)42)46-35(43-30)22-31(44-46)38(48)47-37(28-12-6-8-15-33(28)50-4)29-13-9-11-27(36(29)45-47)20-26-10-5-7-14-32(26)49-3/h5-8,10,12,14-23,29,37H,9,11,13H2,1-4H3/b27-20-/t29-,37+/m1/s1. The van der Waals surface area contributed by atoms with E-state index >= 15 is 0 Å². The van der Waals surface area contributed by atoms with Crippen LogP contribution >= 0.6 is 0 Å². The first-order valence-corrected chi connectivity index (χ1v) is 16.5. The third kappa shape index (κ3) is 6.01. The second kappa shape index (κ2) is 13.1. The zero-order valence-corrected chi connectivity index (χ0v) is 28.1. The van der Waals surface area contributed by atoms with E-state index in [-0.39, 0.29) is 28.9 Å². The molecule has 3 heterocycles. The van der Waals surface area contributed by atoms with Gasteiger partial charge in [-0.2, -0.15) is 23.4 Å². The Morgan fingerprint density at radius 3 is 2.34 bits per heavy atom. The largest absolute Gasteiger partial charge is 0.496 e. The molecule has 0 unspecified atom stereocenters. The summed E-state index contributed by atoms with van der Waals surface area (Å²) >= 11 is 0. The van der Waals surface area contributed by atoms with E-state index in [9.17, 15) is 18.0 Å². The number of carbonyl (C=O) groups is 1. The lowest BCUT2D eigenvalue weighted by Gasteiger charge is -2.30. The van der Waals surface area contributed by atoms with Gasteiger partial charge in [0.2, 0.25) is 0 Å². The molecule has 1 aliphatic carbocycles. The molecule has 8 nitrogen and oxygen atoms in total. The summed E-state index contributed by atoms with van der Waals surface area (Å²) < 4.78 is 55.5. The van der Waals surface area contributed by atoms with Gasteiger partial charge >= 0.3 is 6.18 Å². The van der Waals surface area contributed by atoms with Crippen LogP contribution in [0.5, 0.6) is 11.5 Å². The van der Waals surface area contributed by atoms with E-state index in [2.05, 4.69) is 10.1 Å². The van der Waals surface area contributed by atoms with Crippen molar-refractivity contribution in [1.29, 1.82) is 0 Å². The topological polar surface area (TPSA) is 81.3 Å². The number of nitrogens with zero attached hydrogens (tertiary/aromatic N) is 5. The van der Waals surface area contributed by atoms with E-state index in [4.69, 9.17) is 14.6 Å². The van der Waals surface area contributed by atoms with E-state index in [1.165, 1.54) is 11.1 Å². The summed E-state index contributed by atoms with van der Waals surface area (Å²) in [6.07, 6.45) is -0.384. The van der Waals surface area contributed by atoms with Crippen molar-refractivity contribution in [2.45, 2.75) is 51.2 Å². The molecule has 2 atom stereocenters. The van der Waals surface area contributed by atoms with Gasteiger partial charge in [0.1, 0.15) is 11.5 Å². The van der Waals surface area contributed by atoms with Crippen LogP contribution in [0.1, 0.15) is 77.9 Å². The summed E-state index contributed by atoms with van der Waals surface area (Å²) in [4.78, 5) is 19.0. The number of methoxy groups -OCH3 is 2. The second-order valence-electron chi connectivity index (χ2n) is 12.8. The molecule has 1 amide bonds. The van der Waals surface area contributed by atoms with Crippen molar-refractivity contribution in [1.82, 2.24) is 19.6 Å². The Balaban J connectivity index is 1.34. The third-order valence-corrected chi connectivity index (χ3v) is 9.45. The number of hydrogen-bond acceptors (Lipinski definition) is 6. The first-order chi connectivity index (χ1) is 24.1. The quantitative estimate of drug-likeness (QED) is 0.172. The monoisotopic (exact) mass is 679 g/mol. The van der Waals surface area contributed by atoms with Crippen molar-refractivity contribution in [2.75, 3.05) is 14.2 Å². The normalized spacial score (nSPS) is 18.4. The lowest BCUT2D eigenvalue weighted by Crippen LogP contribution is -2.32. The zero-order chi connectivity index (χ0) is 35.2. The number of amides is 1. The number of allylic oxidation sites excluding steroid dienone is 1. The molecule has 0 bridgehead atoms. The number of halogens is 3. The smallest absolute Gasteiger partial charge is 0.433 e. The van der Waals surface area contributed by atoms with Gasteiger partial charge in [0.25, 0.3) is 5.91 Å². The molecule has 256 valence electrons. The minimum Gasteiger partial charge on any atom is -0.496 e. The summed E-state index contributed by atoms with van der Waals surface area (Å²) in [5.41, 5.74) is 3.72. The van der Waals surface area contributed by atoms with Gasteiger partial charge in [0.15, 0.2) is 17.0 Å². The van der Waals surface area contributed by atoms with E-state index in [0.717, 1.165) is 53.3 Å². The molecule has 2 aromatic heterocycles. The van der Waals surface area contributed by atoms with Crippen molar-refractivity contribution < 1.29 is 27.4 Å². The number of hydrazone groups is 1. The molecule has 2 aliphatic rings. The van der Waals surface area contributed by atoms with Crippen LogP contribution in [-0.2, 0) is 6.18 Å². The number of aromatic nitrogens is 3. The highest BCUT2D eigenvalue weighted by atomic mass is 19.4. The molecule has 7 rings (SSSR count). The van der Waals surface area contributed by atoms with E-state index in [1.807, 2.05) is 80.6 Å². The zero-order valence-electron chi connectivity index (χ0n) is 28.1. The SMILES string of the molecule is COc1ccccc1/C=C1/CCC[C@@H]2C1=NN(C(=O)c1cc3nc(-c4ccc(C(C)C)cc4)cc(C(F)(F)F)n3n1)[C@H]2c1ccccc1OC. The van der Waals surface area contributed by atoms with Gasteiger partial charge in [0.05, 0.1) is 31.7 Å². The molecule has 11 heteroatoms. The van der Waals surface area contributed by atoms with Crippen LogP contribution in [0.15, 0.2) is 95.6 Å². The van der Waals surface area contributed by atoms with Crippen LogP contribution in [0.3, 0.4) is 0 Å². The number of ether oxygens (including phenoxy) is 2. The first-order valence-electron chi connectivity index (χ1n) is 16.5. The fourth-order valence-electron chi connectivity index (χ4n) is 6.95. The molecule has 1 aliphatic heterocycles. The van der Waals surface area contributed by atoms with Crippen molar-refractivity contribution in [2.24, 2.45) is 11.0 Å². The summed E-state index contributed by atoms with van der Waals surface area (Å²) in [6, 6.07) is 24.1. The molecule has 1 saturated carbocycles. The average Bonchev–Trinajstić information content (AvgIpc) is 3.73. The lowest BCUT2D eigenvalue weighted by molar-refractivity contribution is -0.142. The van der Waals surface area contributed by atoms with Crippen LogP contribution in [0.2, 0.25) is 0 Å². The Labute approximate surface area is 287 Å². The van der Waals surface area contributed by atoms with Crippen LogP contribution < -0.4 is 9.47 Å². The first kappa shape index (κ1) is 33.1. The number of hydrogen-bond donors (Lipinski definition) is 0. The van der Waals surface area contributed by atoms with E-state index < -0.39 is 23.8 Å². The van der Waals surface area contributed by atoms with Gasteiger partial charge in [-0.25, -0.2) is 14.5 Å². The fraction of sp³-hybridized carbons (Fsp3) is 0.282. The molecule has 0 N–H and O–H groups in total. The number of fused-ring (bicyclic) bond motifs is 2. The van der Waals surface area contributed by atoms with Gasteiger partial charge in [0, 0.05) is 28.7 Å². The van der Waals surface area contributed by atoms with Crippen molar-refractivity contribution >= 4 is 23.3 Å². The summed E-state index contributed by atoms with van der Waals surface area (Å²) in [6.45, 7) is 4.09. The Hall–Kier alpha value is -5.45. The van der Waals surface area contributed by atoms with Gasteiger partial charge < -0.3 is 9.47 Å². The van der Waals surface area contributed by atoms with Gasteiger partial charge in [-0.1, -0.05) is 74.5 Å². The molecule has 50 heavy (non-hydrogen) atoms. The minimum absolute atomic E-state index is 0.0963. The highest BCUT2D eigenvalue weighted by Gasteiger charge is 2.46. The predicted molar refractivity (Wildman–Crippen MR) is 185 cm³/mol. The van der Waals surface area contributed by atoms with Crippen LogP contribution in [0.25, 0.3) is 23.0 Å². The molecule has 1 fully saturated rings.